The maximum atomic E-state index is 13.3. The molecule has 1 aromatic heterocycles. The minimum absolute atomic E-state index is 0. The van der Waals surface area contributed by atoms with Crippen molar-refractivity contribution < 1.29 is 23.1 Å². The Morgan fingerprint density at radius 3 is 2.44 bits per heavy atom. The summed E-state index contributed by atoms with van der Waals surface area (Å²) in [7, 11) is 0. The van der Waals surface area contributed by atoms with Gasteiger partial charge in [0.15, 0.2) is 5.72 Å². The van der Waals surface area contributed by atoms with Crippen molar-refractivity contribution in [3.63, 3.8) is 0 Å². The molecular weight excluding hydrogens is 464 g/mol. The van der Waals surface area contributed by atoms with Crippen molar-refractivity contribution >= 4 is 40.9 Å². The molecule has 6 nitrogen and oxygen atoms in total. The average Bonchev–Trinajstić information content (AvgIpc) is 3.48. The zero-order chi connectivity index (χ0) is 23.2. The number of fused-ring (bicyclic) bond motifs is 3. The predicted octanol–water partition coefficient (Wildman–Crippen LogP) is 4.87. The van der Waals surface area contributed by atoms with Crippen LogP contribution in [0.5, 0.6) is 0 Å². The summed E-state index contributed by atoms with van der Waals surface area (Å²) in [4.78, 5) is 27.2. The standard InChI is InChI=1S/C25H31F2N3O3.ClH/c26-11-9-25(10-12-27)30-20-7-6-18(14-17(20)15-21(30)24(32)33-25)29-13-8-19(22(29)23(28)31)16-4-2-1-3-5-16;/h6-7,14-16,19,22H,1-5,8-13H2,(H2,28,31);1H/t19-,22-;/m0./s1. The number of hydrogen-bond acceptors (Lipinski definition) is 4. The lowest BCUT2D eigenvalue weighted by Gasteiger charge is -2.33. The Kier molecular flexibility index (Phi) is 7.08. The lowest BCUT2D eigenvalue weighted by atomic mass is 9.76. The van der Waals surface area contributed by atoms with Gasteiger partial charge in [0.1, 0.15) is 11.7 Å². The van der Waals surface area contributed by atoms with E-state index in [1.807, 2.05) is 18.2 Å². The first kappa shape index (κ1) is 24.8. The van der Waals surface area contributed by atoms with Crippen LogP contribution in [0.25, 0.3) is 10.9 Å². The number of nitrogens with two attached hydrogens (primary N) is 1. The van der Waals surface area contributed by atoms with Gasteiger partial charge < -0.3 is 15.4 Å². The second-order valence-electron chi connectivity index (χ2n) is 9.71. The molecule has 2 aliphatic heterocycles. The van der Waals surface area contributed by atoms with Crippen molar-refractivity contribution in [3.05, 3.63) is 30.0 Å². The third-order valence-electron chi connectivity index (χ3n) is 7.98. The molecule has 2 N–H and O–H groups in total. The van der Waals surface area contributed by atoms with Crippen molar-refractivity contribution in [2.45, 2.75) is 63.1 Å². The molecule has 1 aromatic carbocycles. The number of primary amides is 1. The predicted molar refractivity (Wildman–Crippen MR) is 129 cm³/mol. The first-order valence-electron chi connectivity index (χ1n) is 12.1. The van der Waals surface area contributed by atoms with Gasteiger partial charge in [0.25, 0.3) is 0 Å². The normalized spacial score (nSPS) is 24.2. The number of amides is 1. The van der Waals surface area contributed by atoms with Crippen LogP contribution in [0.2, 0.25) is 0 Å². The first-order chi connectivity index (χ1) is 16.0. The molecular formula is C25H32ClF2N3O3. The molecule has 2 fully saturated rings. The average molecular weight is 496 g/mol. The molecule has 34 heavy (non-hydrogen) atoms. The van der Waals surface area contributed by atoms with Gasteiger partial charge in [-0.05, 0) is 42.5 Å². The van der Waals surface area contributed by atoms with Crippen LogP contribution in [-0.4, -0.2) is 42.4 Å². The number of carbonyl (C=O) groups excluding carboxylic acids is 2. The zero-order valence-electron chi connectivity index (χ0n) is 19.2. The molecule has 2 aromatic rings. The van der Waals surface area contributed by atoms with E-state index in [0.717, 1.165) is 36.9 Å². The number of cyclic esters (lactones) is 1. The fourth-order valence-corrected chi connectivity index (χ4v) is 6.51. The molecule has 5 rings (SSSR count). The van der Waals surface area contributed by atoms with Crippen LogP contribution in [0.3, 0.4) is 0 Å². The summed E-state index contributed by atoms with van der Waals surface area (Å²) in [5, 5.41) is 0.783. The number of esters is 1. The summed E-state index contributed by atoms with van der Waals surface area (Å²) in [5.74, 6) is -0.0754. The summed E-state index contributed by atoms with van der Waals surface area (Å²) in [6, 6.07) is 7.08. The summed E-state index contributed by atoms with van der Waals surface area (Å²) in [6.45, 7) is -0.689. The van der Waals surface area contributed by atoms with E-state index < -0.39 is 25.0 Å². The molecule has 2 atom stereocenters. The maximum Gasteiger partial charge on any atom is 0.357 e. The van der Waals surface area contributed by atoms with Gasteiger partial charge in [-0.3, -0.25) is 18.1 Å². The lowest BCUT2D eigenvalue weighted by Crippen LogP contribution is -2.46. The van der Waals surface area contributed by atoms with Crippen molar-refractivity contribution in [2.75, 3.05) is 24.8 Å². The largest absolute Gasteiger partial charge is 0.434 e. The Balaban J connectivity index is 0.00000274. The second-order valence-corrected chi connectivity index (χ2v) is 9.71. The van der Waals surface area contributed by atoms with Gasteiger partial charge >= 0.3 is 5.97 Å². The van der Waals surface area contributed by atoms with Crippen LogP contribution in [0.4, 0.5) is 14.5 Å². The molecule has 3 heterocycles. The van der Waals surface area contributed by atoms with Gasteiger partial charge in [0, 0.05) is 30.5 Å². The Morgan fingerprint density at radius 1 is 1.09 bits per heavy atom. The highest BCUT2D eigenvalue weighted by Crippen LogP contribution is 2.44. The monoisotopic (exact) mass is 495 g/mol. The lowest BCUT2D eigenvalue weighted by molar-refractivity contribution is -0.120. The second kappa shape index (κ2) is 9.72. The van der Waals surface area contributed by atoms with Gasteiger partial charge in [-0.1, -0.05) is 32.1 Å². The number of benzene rings is 1. The summed E-state index contributed by atoms with van der Waals surface area (Å²) in [5.41, 5.74) is 6.43. The maximum absolute atomic E-state index is 13.3. The fourth-order valence-electron chi connectivity index (χ4n) is 6.51. The van der Waals surface area contributed by atoms with E-state index in [9.17, 15) is 18.4 Å². The summed E-state index contributed by atoms with van der Waals surface area (Å²) in [6.07, 6.45) is 6.74. The molecule has 9 heteroatoms. The Morgan fingerprint density at radius 2 is 1.79 bits per heavy atom. The summed E-state index contributed by atoms with van der Waals surface area (Å²) >= 11 is 0. The van der Waals surface area contributed by atoms with Crippen molar-refractivity contribution in [2.24, 2.45) is 17.6 Å². The number of carbonyl (C=O) groups is 2. The van der Waals surface area contributed by atoms with Gasteiger partial charge in [0.05, 0.1) is 18.9 Å². The number of rotatable bonds is 7. The molecule has 0 radical (unpaired) electrons. The molecule has 0 spiro atoms. The van der Waals surface area contributed by atoms with Crippen LogP contribution in [-0.2, 0) is 15.3 Å². The molecule has 1 aliphatic carbocycles. The van der Waals surface area contributed by atoms with E-state index in [1.165, 1.54) is 19.3 Å². The molecule has 0 bridgehead atoms. The van der Waals surface area contributed by atoms with Crippen LogP contribution < -0.4 is 10.6 Å². The third-order valence-corrected chi connectivity index (χ3v) is 7.98. The van der Waals surface area contributed by atoms with E-state index >= 15 is 0 Å². The van der Waals surface area contributed by atoms with Crippen molar-refractivity contribution in [1.29, 1.82) is 0 Å². The van der Waals surface area contributed by atoms with E-state index in [-0.39, 0.29) is 43.1 Å². The number of anilines is 1. The van der Waals surface area contributed by atoms with E-state index in [2.05, 4.69) is 4.90 Å². The minimum Gasteiger partial charge on any atom is -0.434 e. The third kappa shape index (κ3) is 3.93. The Bertz CT molecular complexity index is 1060. The number of hydrogen-bond donors (Lipinski definition) is 1. The van der Waals surface area contributed by atoms with Gasteiger partial charge in [-0.2, -0.15) is 0 Å². The highest BCUT2D eigenvalue weighted by atomic mass is 35.5. The van der Waals surface area contributed by atoms with E-state index in [1.54, 1.807) is 10.6 Å². The smallest absolute Gasteiger partial charge is 0.357 e. The zero-order valence-corrected chi connectivity index (χ0v) is 20.0. The van der Waals surface area contributed by atoms with Crippen LogP contribution in [0, 0.1) is 11.8 Å². The number of nitrogens with zero attached hydrogens (tertiary/aromatic N) is 2. The molecule has 1 amide bonds. The fraction of sp³-hybridized carbons (Fsp3) is 0.600. The molecule has 1 saturated heterocycles. The highest BCUT2D eigenvalue weighted by Gasteiger charge is 2.46. The van der Waals surface area contributed by atoms with Gasteiger partial charge in [-0.15, -0.1) is 12.4 Å². The SMILES string of the molecule is Cl.NC(=O)[C@@H]1[C@H](C2CCCCC2)CCN1c1ccc2c(c1)cc1n2C(CCF)(CCF)OC1=O. The molecule has 3 aliphatic rings. The Labute approximate surface area is 204 Å². The van der Waals surface area contributed by atoms with E-state index in [0.29, 0.717) is 17.1 Å². The quantitative estimate of drug-likeness (QED) is 0.556. The van der Waals surface area contributed by atoms with Crippen LogP contribution in [0.15, 0.2) is 24.3 Å². The van der Waals surface area contributed by atoms with E-state index in [4.69, 9.17) is 10.5 Å². The highest BCUT2D eigenvalue weighted by molar-refractivity contribution is 5.99. The Hall–Kier alpha value is -2.35. The number of ether oxygens (including phenoxy) is 1. The number of halogens is 3. The van der Waals surface area contributed by atoms with Crippen LogP contribution in [0.1, 0.15) is 61.9 Å². The van der Waals surface area contributed by atoms with Crippen molar-refractivity contribution in [3.8, 4) is 0 Å². The minimum atomic E-state index is -1.34. The van der Waals surface area contributed by atoms with Crippen molar-refractivity contribution in [1.82, 2.24) is 4.57 Å². The number of alkyl halides is 2. The molecule has 186 valence electrons. The first-order valence-corrected chi connectivity index (χ1v) is 12.1. The summed E-state index contributed by atoms with van der Waals surface area (Å²) < 4.78 is 33.8. The number of aromatic nitrogens is 1. The van der Waals surface area contributed by atoms with Gasteiger partial charge in [0.2, 0.25) is 5.91 Å². The molecule has 0 unspecified atom stereocenters. The van der Waals surface area contributed by atoms with Gasteiger partial charge in [-0.25, -0.2) is 4.79 Å². The topological polar surface area (TPSA) is 77.6 Å². The van der Waals surface area contributed by atoms with Crippen LogP contribution >= 0.6 is 12.4 Å². The molecule has 1 saturated carbocycles.